The standard InChI is InChI=1S/C18H16Cl2F3N5O/c1-9-16(24-17(29)14-7-15(18(21,22)23)27(3)26-14)10(2)28(25-9)8-11-12(19)5-4-6-13(11)20/h4-7H,8H2,1-3H3,(H,24,29). The first kappa shape index (κ1) is 21.2. The molecule has 2 heterocycles. The van der Waals surface area contributed by atoms with Gasteiger partial charge in [0, 0.05) is 28.7 Å². The summed E-state index contributed by atoms with van der Waals surface area (Å²) in [5.41, 5.74) is 0.779. The quantitative estimate of drug-likeness (QED) is 0.623. The van der Waals surface area contributed by atoms with Gasteiger partial charge >= 0.3 is 6.18 Å². The molecule has 0 atom stereocenters. The molecule has 0 spiro atoms. The van der Waals surface area contributed by atoms with E-state index in [0.29, 0.717) is 43.4 Å². The molecule has 29 heavy (non-hydrogen) atoms. The van der Waals surface area contributed by atoms with Crippen molar-refractivity contribution in [3.63, 3.8) is 0 Å². The lowest BCUT2D eigenvalue weighted by Gasteiger charge is -2.09. The number of carbonyl (C=O) groups is 1. The Labute approximate surface area is 174 Å². The average molecular weight is 446 g/mol. The third kappa shape index (κ3) is 4.25. The van der Waals surface area contributed by atoms with Gasteiger partial charge < -0.3 is 5.32 Å². The summed E-state index contributed by atoms with van der Waals surface area (Å²) in [6, 6.07) is 5.84. The van der Waals surface area contributed by atoms with E-state index in [0.717, 1.165) is 7.05 Å². The highest BCUT2D eigenvalue weighted by molar-refractivity contribution is 6.35. The highest BCUT2D eigenvalue weighted by Crippen LogP contribution is 2.30. The van der Waals surface area contributed by atoms with Crippen LogP contribution in [0.1, 0.15) is 33.1 Å². The molecule has 0 saturated heterocycles. The van der Waals surface area contributed by atoms with Gasteiger partial charge in [-0.25, -0.2) is 0 Å². The molecule has 0 bridgehead atoms. The minimum Gasteiger partial charge on any atom is -0.317 e. The lowest BCUT2D eigenvalue weighted by atomic mass is 10.2. The van der Waals surface area contributed by atoms with Crippen molar-refractivity contribution >= 4 is 34.8 Å². The van der Waals surface area contributed by atoms with E-state index in [1.165, 1.54) is 0 Å². The van der Waals surface area contributed by atoms with Crippen molar-refractivity contribution in [2.75, 3.05) is 5.32 Å². The zero-order valence-corrected chi connectivity index (χ0v) is 17.1. The van der Waals surface area contributed by atoms with Crippen LogP contribution in [0.4, 0.5) is 18.9 Å². The van der Waals surface area contributed by atoms with Crippen LogP contribution in [-0.4, -0.2) is 25.5 Å². The van der Waals surface area contributed by atoms with Crippen molar-refractivity contribution in [3.05, 3.63) is 62.6 Å². The molecular weight excluding hydrogens is 430 g/mol. The maximum absolute atomic E-state index is 12.9. The molecule has 0 fully saturated rings. The van der Waals surface area contributed by atoms with E-state index >= 15 is 0 Å². The molecule has 1 N–H and O–H groups in total. The van der Waals surface area contributed by atoms with Crippen molar-refractivity contribution < 1.29 is 18.0 Å². The molecule has 2 aromatic heterocycles. The van der Waals surface area contributed by atoms with E-state index in [9.17, 15) is 18.0 Å². The second kappa shape index (κ2) is 7.72. The van der Waals surface area contributed by atoms with Gasteiger partial charge in [0.1, 0.15) is 5.69 Å². The Hall–Kier alpha value is -2.52. The summed E-state index contributed by atoms with van der Waals surface area (Å²) in [5, 5.41) is 11.6. The first-order valence-electron chi connectivity index (χ1n) is 8.38. The number of anilines is 1. The number of rotatable bonds is 4. The Morgan fingerprint density at radius 1 is 1.17 bits per heavy atom. The molecule has 0 aliphatic carbocycles. The Kier molecular flexibility index (Phi) is 5.64. The summed E-state index contributed by atoms with van der Waals surface area (Å²) in [6.07, 6.45) is -4.61. The lowest BCUT2D eigenvalue weighted by Crippen LogP contribution is -2.14. The Morgan fingerprint density at radius 2 is 1.79 bits per heavy atom. The first-order valence-corrected chi connectivity index (χ1v) is 9.14. The van der Waals surface area contributed by atoms with Gasteiger partial charge in [-0.1, -0.05) is 29.3 Å². The van der Waals surface area contributed by atoms with Gasteiger partial charge in [-0.05, 0) is 26.0 Å². The fraction of sp³-hybridized carbons (Fsp3) is 0.278. The minimum atomic E-state index is -4.61. The fourth-order valence-electron chi connectivity index (χ4n) is 2.89. The molecule has 154 valence electrons. The van der Waals surface area contributed by atoms with Crippen LogP contribution < -0.4 is 5.32 Å². The molecular formula is C18H16Cl2F3N5O. The molecule has 0 aliphatic heterocycles. The summed E-state index contributed by atoms with van der Waals surface area (Å²) in [6.45, 7) is 3.66. The van der Waals surface area contributed by atoms with Crippen LogP contribution >= 0.6 is 23.2 Å². The summed E-state index contributed by atoms with van der Waals surface area (Å²) in [5.74, 6) is -0.766. The largest absolute Gasteiger partial charge is 0.433 e. The van der Waals surface area contributed by atoms with Gasteiger partial charge in [0.25, 0.3) is 5.91 Å². The number of alkyl halides is 3. The zero-order valence-electron chi connectivity index (χ0n) is 15.6. The second-order valence-corrected chi connectivity index (χ2v) is 7.21. The zero-order chi connectivity index (χ0) is 21.5. The third-order valence-corrected chi connectivity index (χ3v) is 5.10. The van der Waals surface area contributed by atoms with Crippen molar-refractivity contribution in [1.82, 2.24) is 19.6 Å². The van der Waals surface area contributed by atoms with E-state index in [-0.39, 0.29) is 12.2 Å². The molecule has 11 heteroatoms. The van der Waals surface area contributed by atoms with Gasteiger partial charge in [-0.15, -0.1) is 0 Å². The number of hydrogen-bond donors (Lipinski definition) is 1. The van der Waals surface area contributed by atoms with Gasteiger partial charge in [-0.3, -0.25) is 14.2 Å². The number of nitrogens with zero attached hydrogens (tertiary/aromatic N) is 4. The highest BCUT2D eigenvalue weighted by Gasteiger charge is 2.35. The molecule has 0 radical (unpaired) electrons. The van der Waals surface area contributed by atoms with Crippen LogP contribution in [0, 0.1) is 13.8 Å². The first-order chi connectivity index (χ1) is 13.5. The van der Waals surface area contributed by atoms with E-state index in [1.54, 1.807) is 36.7 Å². The molecule has 6 nitrogen and oxygen atoms in total. The minimum absolute atomic E-state index is 0.267. The molecule has 0 aliphatic rings. The van der Waals surface area contributed by atoms with Gasteiger partial charge in [0.2, 0.25) is 0 Å². The van der Waals surface area contributed by atoms with Crippen LogP contribution in [0.25, 0.3) is 0 Å². The van der Waals surface area contributed by atoms with Gasteiger partial charge in [-0.2, -0.15) is 23.4 Å². The monoisotopic (exact) mass is 445 g/mol. The molecule has 3 aromatic rings. The Balaban J connectivity index is 1.87. The van der Waals surface area contributed by atoms with Crippen molar-refractivity contribution in [1.29, 1.82) is 0 Å². The summed E-state index contributed by atoms with van der Waals surface area (Å²) < 4.78 is 41.0. The SMILES string of the molecule is Cc1nn(Cc2c(Cl)cccc2Cl)c(C)c1NC(=O)c1cc(C(F)(F)F)n(C)n1. The van der Waals surface area contributed by atoms with Crippen LogP contribution in [0.15, 0.2) is 24.3 Å². The van der Waals surface area contributed by atoms with Crippen molar-refractivity contribution in [2.45, 2.75) is 26.6 Å². The van der Waals surface area contributed by atoms with E-state index in [1.807, 2.05) is 0 Å². The predicted octanol–water partition coefficient (Wildman–Crippen LogP) is 4.86. The number of nitrogens with one attached hydrogen (secondary N) is 1. The number of hydrogen-bond acceptors (Lipinski definition) is 3. The number of aryl methyl sites for hydroxylation is 2. The summed E-state index contributed by atoms with van der Waals surface area (Å²) >= 11 is 12.4. The van der Waals surface area contributed by atoms with Crippen molar-refractivity contribution in [2.24, 2.45) is 7.05 Å². The number of carbonyl (C=O) groups excluding carboxylic acids is 1. The highest BCUT2D eigenvalue weighted by atomic mass is 35.5. The maximum atomic E-state index is 12.9. The molecule has 3 rings (SSSR count). The van der Waals surface area contributed by atoms with Gasteiger partial charge in [0.05, 0.1) is 23.6 Å². The number of benzene rings is 1. The van der Waals surface area contributed by atoms with Crippen LogP contribution in [0.5, 0.6) is 0 Å². The fourth-order valence-corrected chi connectivity index (χ4v) is 3.40. The van der Waals surface area contributed by atoms with Crippen LogP contribution in [0.2, 0.25) is 10.0 Å². The lowest BCUT2D eigenvalue weighted by molar-refractivity contribution is -0.143. The summed E-state index contributed by atoms with van der Waals surface area (Å²) in [4.78, 5) is 12.5. The van der Waals surface area contributed by atoms with Crippen LogP contribution in [-0.2, 0) is 19.8 Å². The smallest absolute Gasteiger partial charge is 0.317 e. The van der Waals surface area contributed by atoms with Crippen LogP contribution in [0.3, 0.4) is 0 Å². The van der Waals surface area contributed by atoms with E-state index in [4.69, 9.17) is 23.2 Å². The predicted molar refractivity (Wildman–Crippen MR) is 103 cm³/mol. The van der Waals surface area contributed by atoms with E-state index < -0.39 is 17.8 Å². The average Bonchev–Trinajstić information content (AvgIpc) is 3.13. The third-order valence-electron chi connectivity index (χ3n) is 4.39. The molecule has 1 amide bonds. The maximum Gasteiger partial charge on any atom is 0.433 e. The van der Waals surface area contributed by atoms with Crippen molar-refractivity contribution in [3.8, 4) is 0 Å². The molecule has 0 unspecified atom stereocenters. The topological polar surface area (TPSA) is 64.7 Å². The Morgan fingerprint density at radius 3 is 2.34 bits per heavy atom. The number of halogens is 5. The molecule has 0 saturated carbocycles. The Bertz CT molecular complexity index is 1070. The number of amides is 1. The second-order valence-electron chi connectivity index (χ2n) is 6.39. The summed E-state index contributed by atoms with van der Waals surface area (Å²) in [7, 11) is 1.13. The normalized spacial score (nSPS) is 11.7. The van der Waals surface area contributed by atoms with E-state index in [2.05, 4.69) is 15.5 Å². The molecule has 1 aromatic carbocycles. The van der Waals surface area contributed by atoms with Gasteiger partial charge in [0.15, 0.2) is 5.69 Å². The number of aromatic nitrogens is 4.